The van der Waals surface area contributed by atoms with Crippen molar-refractivity contribution < 1.29 is 19.4 Å². The summed E-state index contributed by atoms with van der Waals surface area (Å²) in [4.78, 5) is 22.9. The highest BCUT2D eigenvalue weighted by molar-refractivity contribution is 5.97. The molecule has 0 saturated heterocycles. The van der Waals surface area contributed by atoms with Gasteiger partial charge >= 0.3 is 5.97 Å². The van der Waals surface area contributed by atoms with E-state index in [1.54, 1.807) is 26.0 Å². The molecule has 0 spiro atoms. The second-order valence-electron chi connectivity index (χ2n) is 5.92. The van der Waals surface area contributed by atoms with Crippen LogP contribution in [0.4, 0.5) is 0 Å². The first-order valence-electron chi connectivity index (χ1n) is 6.65. The summed E-state index contributed by atoms with van der Waals surface area (Å²) in [6.45, 7) is 5.45. The van der Waals surface area contributed by atoms with Crippen molar-refractivity contribution in [1.29, 1.82) is 0 Å². The van der Waals surface area contributed by atoms with E-state index in [2.05, 4.69) is 4.74 Å². The number of aliphatic hydroxyl groups is 1. The molecule has 0 aromatic heterocycles. The lowest BCUT2D eigenvalue weighted by atomic mass is 9.73. The molecule has 20 heavy (non-hydrogen) atoms. The molecule has 0 radical (unpaired) electrons. The van der Waals surface area contributed by atoms with Crippen LogP contribution in [0.1, 0.15) is 27.2 Å². The van der Waals surface area contributed by atoms with E-state index in [1.165, 1.54) is 19.3 Å². The monoisotopic (exact) mass is 276 g/mol. The molecule has 108 valence electrons. The molecule has 1 fully saturated rings. The van der Waals surface area contributed by atoms with Gasteiger partial charge in [-0.25, -0.2) is 4.79 Å². The highest BCUT2D eigenvalue weighted by Crippen LogP contribution is 2.64. The topological polar surface area (TPSA) is 63.6 Å². The van der Waals surface area contributed by atoms with E-state index in [4.69, 9.17) is 0 Å². The number of allylic oxidation sites excluding steroid dienone is 3. The Morgan fingerprint density at radius 2 is 2.20 bits per heavy atom. The van der Waals surface area contributed by atoms with Crippen molar-refractivity contribution in [2.45, 2.75) is 32.8 Å². The Bertz CT molecular complexity index is 555. The molecule has 1 N–H and O–H groups in total. The number of rotatable bonds is 3. The number of fused-ring (bicyclic) bond motifs is 1. The number of carbonyl (C=O) groups excluding carboxylic acids is 2. The standard InChI is InChI=1S/C16H20O4/c1-10(7-14(18)20-4)5-6-16(19)11(2)8-13(17)12-9-15(12,16)3/h5-8,12,19H,9H2,1-4H3. The molecule has 2 rings (SSSR count). The lowest BCUT2D eigenvalue weighted by Gasteiger charge is -2.36. The van der Waals surface area contributed by atoms with Gasteiger partial charge in [-0.2, -0.15) is 0 Å². The van der Waals surface area contributed by atoms with Gasteiger partial charge in [-0.05, 0) is 43.6 Å². The lowest BCUT2D eigenvalue weighted by Crippen LogP contribution is -2.42. The predicted molar refractivity (Wildman–Crippen MR) is 74.8 cm³/mol. The van der Waals surface area contributed by atoms with Crippen LogP contribution in [0.25, 0.3) is 0 Å². The summed E-state index contributed by atoms with van der Waals surface area (Å²) >= 11 is 0. The number of ether oxygens (including phenoxy) is 1. The highest BCUT2D eigenvalue weighted by atomic mass is 16.5. The summed E-state index contributed by atoms with van der Waals surface area (Å²) in [5, 5.41) is 10.9. The number of esters is 1. The molecule has 0 bridgehead atoms. The Labute approximate surface area is 118 Å². The zero-order chi connectivity index (χ0) is 15.1. The summed E-state index contributed by atoms with van der Waals surface area (Å²) in [5.74, 6) is -0.420. The lowest BCUT2D eigenvalue weighted by molar-refractivity contribution is -0.134. The normalized spacial score (nSPS) is 36.6. The first-order chi connectivity index (χ1) is 9.24. The Kier molecular flexibility index (Phi) is 3.46. The van der Waals surface area contributed by atoms with E-state index in [0.717, 1.165) is 0 Å². The third kappa shape index (κ3) is 2.14. The molecule has 3 unspecified atom stereocenters. The smallest absolute Gasteiger partial charge is 0.330 e. The van der Waals surface area contributed by atoms with Gasteiger partial charge in [0.25, 0.3) is 0 Å². The van der Waals surface area contributed by atoms with Crippen LogP contribution in [-0.4, -0.2) is 29.6 Å². The maximum Gasteiger partial charge on any atom is 0.330 e. The first kappa shape index (κ1) is 14.7. The van der Waals surface area contributed by atoms with Crippen molar-refractivity contribution in [2.75, 3.05) is 7.11 Å². The summed E-state index contributed by atoms with van der Waals surface area (Å²) in [7, 11) is 1.32. The molecule has 0 aliphatic heterocycles. The highest BCUT2D eigenvalue weighted by Gasteiger charge is 2.67. The number of hydrogen-bond donors (Lipinski definition) is 1. The van der Waals surface area contributed by atoms with E-state index in [9.17, 15) is 14.7 Å². The van der Waals surface area contributed by atoms with Crippen LogP contribution in [0.15, 0.2) is 35.5 Å². The third-order valence-electron chi connectivity index (χ3n) is 4.55. The molecular formula is C16H20O4. The summed E-state index contributed by atoms with van der Waals surface area (Å²) in [6, 6.07) is 0. The van der Waals surface area contributed by atoms with Gasteiger partial charge in [-0.1, -0.05) is 13.0 Å². The minimum Gasteiger partial charge on any atom is -0.466 e. The van der Waals surface area contributed by atoms with E-state index >= 15 is 0 Å². The van der Waals surface area contributed by atoms with Crippen LogP contribution < -0.4 is 0 Å². The fraction of sp³-hybridized carbons (Fsp3) is 0.500. The van der Waals surface area contributed by atoms with Gasteiger partial charge < -0.3 is 9.84 Å². The van der Waals surface area contributed by atoms with Crippen molar-refractivity contribution in [3.63, 3.8) is 0 Å². The molecule has 2 aliphatic rings. The van der Waals surface area contributed by atoms with E-state index in [1.807, 2.05) is 6.92 Å². The molecule has 3 atom stereocenters. The zero-order valence-electron chi connectivity index (χ0n) is 12.3. The largest absolute Gasteiger partial charge is 0.466 e. The molecule has 0 amide bonds. The quantitative estimate of drug-likeness (QED) is 0.486. The van der Waals surface area contributed by atoms with Crippen molar-refractivity contribution in [3.8, 4) is 0 Å². The van der Waals surface area contributed by atoms with E-state index in [0.29, 0.717) is 17.6 Å². The van der Waals surface area contributed by atoms with Crippen LogP contribution in [0, 0.1) is 11.3 Å². The van der Waals surface area contributed by atoms with Crippen molar-refractivity contribution >= 4 is 11.8 Å². The zero-order valence-corrected chi connectivity index (χ0v) is 12.3. The Morgan fingerprint density at radius 1 is 1.55 bits per heavy atom. The Balaban J connectivity index is 2.28. The molecule has 1 saturated carbocycles. The van der Waals surface area contributed by atoms with Gasteiger partial charge in [-0.15, -0.1) is 0 Å². The summed E-state index contributed by atoms with van der Waals surface area (Å²) in [5.41, 5.74) is -0.210. The minimum absolute atomic E-state index is 0.0919. The molecular weight excluding hydrogens is 256 g/mol. The molecule has 0 heterocycles. The second kappa shape index (κ2) is 4.70. The minimum atomic E-state index is -1.13. The maximum absolute atomic E-state index is 11.8. The van der Waals surface area contributed by atoms with Crippen LogP contribution in [0.2, 0.25) is 0 Å². The number of methoxy groups -OCH3 is 1. The molecule has 4 heteroatoms. The Morgan fingerprint density at radius 3 is 2.80 bits per heavy atom. The maximum atomic E-state index is 11.8. The van der Waals surface area contributed by atoms with E-state index in [-0.39, 0.29) is 11.7 Å². The molecule has 0 aromatic carbocycles. The van der Waals surface area contributed by atoms with Crippen LogP contribution in [0.3, 0.4) is 0 Å². The average Bonchev–Trinajstić information content (AvgIpc) is 3.09. The average molecular weight is 276 g/mol. The van der Waals surface area contributed by atoms with Gasteiger partial charge in [0, 0.05) is 17.4 Å². The number of ketones is 1. The molecule has 2 aliphatic carbocycles. The van der Waals surface area contributed by atoms with Crippen molar-refractivity contribution in [1.82, 2.24) is 0 Å². The first-order valence-corrected chi connectivity index (χ1v) is 6.65. The van der Waals surface area contributed by atoms with E-state index < -0.39 is 17.0 Å². The van der Waals surface area contributed by atoms with Crippen LogP contribution in [-0.2, 0) is 14.3 Å². The van der Waals surface area contributed by atoms with Crippen LogP contribution in [0.5, 0.6) is 0 Å². The second-order valence-corrected chi connectivity index (χ2v) is 5.92. The molecule has 4 nitrogen and oxygen atoms in total. The predicted octanol–water partition coefficient (Wildman–Crippen LogP) is 1.95. The van der Waals surface area contributed by atoms with Crippen LogP contribution >= 0.6 is 0 Å². The SMILES string of the molecule is COC(=O)C=C(C)C=CC1(O)C(C)=CC(=O)C2CC21C. The fourth-order valence-corrected chi connectivity index (χ4v) is 2.94. The Hall–Kier alpha value is -1.68. The summed E-state index contributed by atoms with van der Waals surface area (Å²) < 4.78 is 4.55. The van der Waals surface area contributed by atoms with Crippen molar-refractivity contribution in [3.05, 3.63) is 35.5 Å². The van der Waals surface area contributed by atoms with Gasteiger partial charge in [0.15, 0.2) is 5.78 Å². The van der Waals surface area contributed by atoms with Gasteiger partial charge in [0.1, 0.15) is 5.60 Å². The van der Waals surface area contributed by atoms with Gasteiger partial charge in [0.2, 0.25) is 0 Å². The summed E-state index contributed by atoms with van der Waals surface area (Å²) in [6.07, 6.45) is 6.97. The molecule has 0 aromatic rings. The number of carbonyl (C=O) groups is 2. The van der Waals surface area contributed by atoms with Gasteiger partial charge in [0.05, 0.1) is 7.11 Å². The van der Waals surface area contributed by atoms with Crippen molar-refractivity contribution in [2.24, 2.45) is 11.3 Å². The van der Waals surface area contributed by atoms with Gasteiger partial charge in [-0.3, -0.25) is 4.79 Å². The third-order valence-corrected chi connectivity index (χ3v) is 4.55. The number of hydrogen-bond acceptors (Lipinski definition) is 4. The fourth-order valence-electron chi connectivity index (χ4n) is 2.94.